The Labute approximate surface area is 233 Å². The van der Waals surface area contributed by atoms with Crippen molar-refractivity contribution in [3.8, 4) is 0 Å². The van der Waals surface area contributed by atoms with Crippen molar-refractivity contribution in [3.63, 3.8) is 0 Å². The number of piperidine rings is 1. The number of hydrogen-bond donors (Lipinski definition) is 1. The molecular formula is C27H33F6N3O5. The van der Waals surface area contributed by atoms with E-state index >= 15 is 0 Å². The summed E-state index contributed by atoms with van der Waals surface area (Å²) >= 11 is 0. The Hall–Kier alpha value is -3.03. The highest BCUT2D eigenvalue weighted by molar-refractivity contribution is 5.86. The Kier molecular flexibility index (Phi) is 8.55. The number of anilines is 1. The van der Waals surface area contributed by atoms with Gasteiger partial charge in [0.25, 0.3) is 0 Å². The second-order valence-electron chi connectivity index (χ2n) is 11.1. The first-order valence-corrected chi connectivity index (χ1v) is 13.5. The van der Waals surface area contributed by atoms with Crippen LogP contribution in [-0.4, -0.2) is 84.2 Å². The summed E-state index contributed by atoms with van der Waals surface area (Å²) in [4.78, 5) is 42.9. The number of aliphatic hydroxyl groups is 1. The van der Waals surface area contributed by atoms with Crippen LogP contribution in [0.15, 0.2) is 18.2 Å². The summed E-state index contributed by atoms with van der Waals surface area (Å²) in [6.45, 7) is 2.03. The molecule has 3 aliphatic rings. The highest BCUT2D eigenvalue weighted by Gasteiger charge is 2.52. The number of β-amino-alcohol motifs (C(OH)–C–C–N with tert-alkyl or cyclic N) is 1. The molecule has 3 atom stereocenters. The summed E-state index contributed by atoms with van der Waals surface area (Å²) in [5, 5.41) is 10.4. The quantitative estimate of drug-likeness (QED) is 0.398. The maximum absolute atomic E-state index is 13.5. The second kappa shape index (κ2) is 11.3. The van der Waals surface area contributed by atoms with Gasteiger partial charge in [-0.1, -0.05) is 0 Å². The molecule has 8 nitrogen and oxygen atoms in total. The number of amides is 2. The molecule has 1 spiro atoms. The second-order valence-corrected chi connectivity index (χ2v) is 11.1. The first kappa shape index (κ1) is 30.9. The van der Waals surface area contributed by atoms with E-state index in [1.807, 2.05) is 0 Å². The van der Waals surface area contributed by atoms with Gasteiger partial charge in [-0.3, -0.25) is 9.59 Å². The van der Waals surface area contributed by atoms with Crippen LogP contribution >= 0.6 is 0 Å². The van der Waals surface area contributed by atoms with Gasteiger partial charge in [-0.05, 0) is 56.2 Å². The molecule has 14 heteroatoms. The molecule has 1 saturated carbocycles. The van der Waals surface area contributed by atoms with Crippen LogP contribution in [0.25, 0.3) is 0 Å². The van der Waals surface area contributed by atoms with E-state index in [0.29, 0.717) is 25.1 Å². The van der Waals surface area contributed by atoms with Crippen LogP contribution in [0.5, 0.6) is 0 Å². The lowest BCUT2D eigenvalue weighted by molar-refractivity contribution is -0.162. The van der Waals surface area contributed by atoms with Crippen LogP contribution in [0, 0.1) is 5.41 Å². The Morgan fingerprint density at radius 2 is 1.71 bits per heavy atom. The average Bonchev–Trinajstić information content (AvgIpc) is 3.70. The molecule has 3 fully saturated rings. The first-order valence-electron chi connectivity index (χ1n) is 13.5. The molecule has 1 aromatic rings. The maximum atomic E-state index is 13.5. The molecule has 1 N–H and O–H groups in total. The van der Waals surface area contributed by atoms with Crippen molar-refractivity contribution in [1.29, 1.82) is 0 Å². The third-order valence-corrected chi connectivity index (χ3v) is 8.53. The number of nitrogens with zero attached hydrogens (tertiary/aromatic N) is 3. The summed E-state index contributed by atoms with van der Waals surface area (Å²) in [7, 11) is 1.13. The molecule has 0 aromatic heterocycles. The fourth-order valence-corrected chi connectivity index (χ4v) is 5.89. The van der Waals surface area contributed by atoms with Gasteiger partial charge in [-0.2, -0.15) is 26.3 Å². The highest BCUT2D eigenvalue weighted by Crippen LogP contribution is 2.53. The minimum absolute atomic E-state index is 0.0692. The predicted molar refractivity (Wildman–Crippen MR) is 133 cm³/mol. The van der Waals surface area contributed by atoms with Crippen LogP contribution in [0.4, 0.5) is 32.0 Å². The topological polar surface area (TPSA) is 90.4 Å². The lowest BCUT2D eigenvalue weighted by atomic mass is 9.90. The van der Waals surface area contributed by atoms with Crippen molar-refractivity contribution in [2.45, 2.75) is 76.0 Å². The van der Waals surface area contributed by atoms with Gasteiger partial charge in [-0.15, -0.1) is 0 Å². The van der Waals surface area contributed by atoms with Gasteiger partial charge in [0.05, 0.1) is 24.3 Å². The monoisotopic (exact) mass is 593 g/mol. The SMILES string of the molecule is COC(=O)[C@H](CCC(=O)N1CCC2(CC2)[C@H](O)C1)N1C[C@@H](C)N(c2ccc(C(F)(F)F)c(C(F)(F)F)c2)CCC1=O. The standard InChI is InChI=1S/C27H33F6N3O5/c1-16-14-36(20(24(40)41-2)5-6-22(38)34-12-10-25(8-9-25)21(37)15-34)23(39)7-11-35(16)17-3-4-18(26(28,29)30)19(13-17)27(31,32)33/h3-4,13,16,20-21,37H,5-12,14-15H2,1-2H3/t16-,20+,21-/m1/s1. The van der Waals surface area contributed by atoms with Crippen molar-refractivity contribution in [2.75, 3.05) is 38.2 Å². The summed E-state index contributed by atoms with van der Waals surface area (Å²) in [5.74, 6) is -1.56. The lowest BCUT2D eigenvalue weighted by Gasteiger charge is -2.37. The summed E-state index contributed by atoms with van der Waals surface area (Å²) in [6.07, 6.45) is -8.93. The fraction of sp³-hybridized carbons (Fsp3) is 0.667. The number of carbonyl (C=O) groups is 3. The van der Waals surface area contributed by atoms with E-state index in [2.05, 4.69) is 0 Å². The van der Waals surface area contributed by atoms with Gasteiger partial charge in [-0.25, -0.2) is 4.79 Å². The number of methoxy groups -OCH3 is 1. The van der Waals surface area contributed by atoms with Gasteiger partial charge in [0.1, 0.15) is 6.04 Å². The maximum Gasteiger partial charge on any atom is 0.417 e. The molecule has 4 rings (SSSR count). The number of hydrogen-bond acceptors (Lipinski definition) is 6. The number of esters is 1. The minimum atomic E-state index is -5.26. The minimum Gasteiger partial charge on any atom is -0.467 e. The summed E-state index contributed by atoms with van der Waals surface area (Å²) in [6, 6.07) is -0.102. The fourth-order valence-electron chi connectivity index (χ4n) is 5.89. The highest BCUT2D eigenvalue weighted by atomic mass is 19.4. The van der Waals surface area contributed by atoms with Crippen LogP contribution in [0.2, 0.25) is 0 Å². The number of carbonyl (C=O) groups excluding carboxylic acids is 3. The van der Waals surface area contributed by atoms with Gasteiger partial charge in [0.2, 0.25) is 11.8 Å². The van der Waals surface area contributed by atoms with Gasteiger partial charge >= 0.3 is 18.3 Å². The molecule has 0 unspecified atom stereocenters. The molecule has 0 radical (unpaired) electrons. The van der Waals surface area contributed by atoms with Crippen molar-refractivity contribution < 1.29 is 50.6 Å². The van der Waals surface area contributed by atoms with Gasteiger partial charge in [0.15, 0.2) is 0 Å². The van der Waals surface area contributed by atoms with Gasteiger partial charge in [0, 0.05) is 50.7 Å². The Balaban J connectivity index is 1.49. The molecule has 0 bridgehead atoms. The summed E-state index contributed by atoms with van der Waals surface area (Å²) in [5.41, 5.74) is -3.88. The van der Waals surface area contributed by atoms with E-state index in [9.17, 15) is 45.8 Å². The number of aliphatic hydroxyl groups excluding tert-OH is 1. The van der Waals surface area contributed by atoms with E-state index < -0.39 is 53.5 Å². The predicted octanol–water partition coefficient (Wildman–Crippen LogP) is 3.85. The zero-order valence-electron chi connectivity index (χ0n) is 22.7. The molecule has 2 heterocycles. The third kappa shape index (κ3) is 6.57. The van der Waals surface area contributed by atoms with Crippen LogP contribution in [0.3, 0.4) is 0 Å². The molecule has 41 heavy (non-hydrogen) atoms. The average molecular weight is 594 g/mol. The third-order valence-electron chi connectivity index (χ3n) is 8.53. The zero-order valence-corrected chi connectivity index (χ0v) is 22.7. The Bertz CT molecular complexity index is 1170. The van der Waals surface area contributed by atoms with E-state index in [-0.39, 0.29) is 55.9 Å². The molecular weight excluding hydrogens is 560 g/mol. The Morgan fingerprint density at radius 3 is 2.27 bits per heavy atom. The first-order chi connectivity index (χ1) is 19.1. The largest absolute Gasteiger partial charge is 0.467 e. The molecule has 1 aromatic carbocycles. The smallest absolute Gasteiger partial charge is 0.417 e. The van der Waals surface area contributed by atoms with Crippen molar-refractivity contribution >= 4 is 23.5 Å². The van der Waals surface area contributed by atoms with Crippen LogP contribution in [-0.2, 0) is 31.5 Å². The molecule has 2 aliphatic heterocycles. The number of ether oxygens (including phenoxy) is 1. The van der Waals surface area contributed by atoms with Gasteiger partial charge < -0.3 is 24.5 Å². The Morgan fingerprint density at radius 1 is 1.05 bits per heavy atom. The van der Waals surface area contributed by atoms with Crippen molar-refractivity contribution in [1.82, 2.24) is 9.80 Å². The summed E-state index contributed by atoms with van der Waals surface area (Å²) < 4.78 is 85.2. The van der Waals surface area contributed by atoms with E-state index in [0.717, 1.165) is 26.0 Å². The van der Waals surface area contributed by atoms with Crippen LogP contribution < -0.4 is 4.90 Å². The number of rotatable bonds is 6. The zero-order chi connectivity index (χ0) is 30.3. The van der Waals surface area contributed by atoms with E-state index in [1.165, 1.54) is 9.80 Å². The molecule has 1 aliphatic carbocycles. The molecule has 2 amide bonds. The molecule has 2 saturated heterocycles. The molecule has 228 valence electrons. The van der Waals surface area contributed by atoms with Crippen molar-refractivity contribution in [2.24, 2.45) is 5.41 Å². The van der Waals surface area contributed by atoms with E-state index in [1.54, 1.807) is 11.8 Å². The lowest BCUT2D eigenvalue weighted by Crippen LogP contribution is -2.50. The van der Waals surface area contributed by atoms with E-state index in [4.69, 9.17) is 4.74 Å². The van der Waals surface area contributed by atoms with Crippen molar-refractivity contribution in [3.05, 3.63) is 29.3 Å². The number of likely N-dealkylation sites (tertiary alicyclic amines) is 1. The number of halogens is 6. The van der Waals surface area contributed by atoms with Crippen LogP contribution in [0.1, 0.15) is 56.6 Å². The normalized spacial score (nSPS) is 23.8. The number of benzene rings is 1. The number of alkyl halides is 6.